The average molecular weight is 247 g/mol. The first kappa shape index (κ1) is 13.0. The molecule has 0 radical (unpaired) electrons. The zero-order chi connectivity index (χ0) is 12.5. The third-order valence-corrected chi connectivity index (χ3v) is 2.92. The Bertz CT molecular complexity index is 412. The standard InChI is InChI=1S/C10H15ClN2O3/c1-6-8(11)7(2)13(12-6)5-10(3,15)9(14)16-4/h15H,5H2,1-4H3. The van der Waals surface area contributed by atoms with Crippen LogP contribution in [0.4, 0.5) is 0 Å². The molecule has 5 nitrogen and oxygen atoms in total. The Morgan fingerprint density at radius 1 is 1.62 bits per heavy atom. The maximum absolute atomic E-state index is 11.3. The van der Waals surface area contributed by atoms with Crippen molar-refractivity contribution in [2.75, 3.05) is 7.11 Å². The van der Waals surface area contributed by atoms with Gasteiger partial charge in [-0.1, -0.05) is 11.6 Å². The van der Waals surface area contributed by atoms with Crippen LogP contribution in [-0.4, -0.2) is 33.6 Å². The first-order valence-corrected chi connectivity index (χ1v) is 5.17. The number of hydrogen-bond acceptors (Lipinski definition) is 4. The number of esters is 1. The molecule has 1 rings (SSSR count). The fourth-order valence-corrected chi connectivity index (χ4v) is 1.54. The summed E-state index contributed by atoms with van der Waals surface area (Å²) in [5.74, 6) is -0.698. The number of halogens is 1. The number of hydrogen-bond donors (Lipinski definition) is 1. The molecule has 0 saturated carbocycles. The molecule has 1 aromatic heterocycles. The van der Waals surface area contributed by atoms with E-state index in [1.807, 2.05) is 0 Å². The number of aromatic nitrogens is 2. The smallest absolute Gasteiger partial charge is 0.339 e. The second kappa shape index (κ2) is 4.43. The van der Waals surface area contributed by atoms with Gasteiger partial charge >= 0.3 is 5.97 Å². The Morgan fingerprint density at radius 2 is 2.19 bits per heavy atom. The number of ether oxygens (including phenoxy) is 1. The van der Waals surface area contributed by atoms with E-state index in [4.69, 9.17) is 11.6 Å². The first-order chi connectivity index (χ1) is 7.29. The molecular formula is C10H15ClN2O3. The third kappa shape index (κ3) is 2.36. The van der Waals surface area contributed by atoms with Crippen LogP contribution >= 0.6 is 11.6 Å². The van der Waals surface area contributed by atoms with Gasteiger partial charge in [0, 0.05) is 0 Å². The normalized spacial score (nSPS) is 14.6. The molecule has 16 heavy (non-hydrogen) atoms. The summed E-state index contributed by atoms with van der Waals surface area (Å²) in [6.45, 7) is 4.93. The Morgan fingerprint density at radius 3 is 2.56 bits per heavy atom. The summed E-state index contributed by atoms with van der Waals surface area (Å²) >= 11 is 5.96. The molecule has 90 valence electrons. The van der Waals surface area contributed by atoms with Gasteiger partial charge in [-0.2, -0.15) is 5.10 Å². The highest BCUT2D eigenvalue weighted by Crippen LogP contribution is 2.21. The van der Waals surface area contributed by atoms with Gasteiger partial charge < -0.3 is 9.84 Å². The summed E-state index contributed by atoms with van der Waals surface area (Å²) in [6.07, 6.45) is 0. The maximum atomic E-state index is 11.3. The van der Waals surface area contributed by atoms with Crippen molar-refractivity contribution >= 4 is 17.6 Å². The lowest BCUT2D eigenvalue weighted by atomic mass is 10.1. The Balaban J connectivity index is 2.96. The van der Waals surface area contributed by atoms with Crippen molar-refractivity contribution in [3.63, 3.8) is 0 Å². The zero-order valence-corrected chi connectivity index (χ0v) is 10.5. The number of methoxy groups -OCH3 is 1. The molecule has 0 aliphatic rings. The van der Waals surface area contributed by atoms with Gasteiger partial charge in [0.15, 0.2) is 5.60 Å². The lowest BCUT2D eigenvalue weighted by Crippen LogP contribution is -2.41. The van der Waals surface area contributed by atoms with Crippen LogP contribution in [0.3, 0.4) is 0 Å². The fourth-order valence-electron chi connectivity index (χ4n) is 1.41. The molecular weight excluding hydrogens is 232 g/mol. The van der Waals surface area contributed by atoms with E-state index in [0.29, 0.717) is 16.4 Å². The summed E-state index contributed by atoms with van der Waals surface area (Å²) in [6, 6.07) is 0. The Labute approximate surface area is 99.0 Å². The SMILES string of the molecule is COC(=O)C(C)(O)Cn1nc(C)c(Cl)c1C. The number of carbonyl (C=O) groups is 1. The predicted octanol–water partition coefficient (Wildman–Crippen LogP) is 1.08. The van der Waals surface area contributed by atoms with Crippen LogP contribution in [0.15, 0.2) is 0 Å². The van der Waals surface area contributed by atoms with Gasteiger partial charge in [0.25, 0.3) is 0 Å². The van der Waals surface area contributed by atoms with E-state index in [0.717, 1.165) is 0 Å². The Hall–Kier alpha value is -1.07. The molecule has 1 unspecified atom stereocenters. The van der Waals surface area contributed by atoms with E-state index < -0.39 is 11.6 Å². The van der Waals surface area contributed by atoms with Crippen LogP contribution in [0.25, 0.3) is 0 Å². The highest BCUT2D eigenvalue weighted by Gasteiger charge is 2.33. The van der Waals surface area contributed by atoms with Crippen LogP contribution in [0.1, 0.15) is 18.3 Å². The van der Waals surface area contributed by atoms with Gasteiger partial charge in [0.05, 0.1) is 30.1 Å². The van der Waals surface area contributed by atoms with Crippen LogP contribution in [-0.2, 0) is 16.1 Å². The van der Waals surface area contributed by atoms with E-state index in [1.165, 1.54) is 18.7 Å². The van der Waals surface area contributed by atoms with E-state index in [-0.39, 0.29) is 6.54 Å². The molecule has 0 bridgehead atoms. The van der Waals surface area contributed by atoms with Gasteiger partial charge in [-0.05, 0) is 20.8 Å². The first-order valence-electron chi connectivity index (χ1n) is 4.80. The minimum Gasteiger partial charge on any atom is -0.467 e. The molecule has 0 spiro atoms. The lowest BCUT2D eigenvalue weighted by Gasteiger charge is -2.20. The molecule has 1 aromatic rings. The number of nitrogens with zero attached hydrogens (tertiary/aromatic N) is 2. The summed E-state index contributed by atoms with van der Waals surface area (Å²) < 4.78 is 6.00. The minimum absolute atomic E-state index is 0.0130. The van der Waals surface area contributed by atoms with E-state index in [9.17, 15) is 9.90 Å². The lowest BCUT2D eigenvalue weighted by molar-refractivity contribution is -0.162. The van der Waals surface area contributed by atoms with E-state index in [2.05, 4.69) is 9.84 Å². The number of rotatable bonds is 3. The molecule has 0 saturated heterocycles. The van der Waals surface area contributed by atoms with Crippen molar-refractivity contribution in [2.45, 2.75) is 32.9 Å². The highest BCUT2D eigenvalue weighted by molar-refractivity contribution is 6.31. The summed E-state index contributed by atoms with van der Waals surface area (Å²) in [7, 11) is 1.23. The Kier molecular flexibility index (Phi) is 3.60. The van der Waals surface area contributed by atoms with Crippen LogP contribution in [0.2, 0.25) is 5.02 Å². The molecule has 0 amide bonds. The zero-order valence-electron chi connectivity index (χ0n) is 9.74. The average Bonchev–Trinajstić information content (AvgIpc) is 2.44. The maximum Gasteiger partial charge on any atom is 0.339 e. The van der Waals surface area contributed by atoms with Crippen LogP contribution < -0.4 is 0 Å². The minimum atomic E-state index is -1.61. The quantitative estimate of drug-likeness (QED) is 0.811. The van der Waals surface area contributed by atoms with Gasteiger partial charge in [-0.15, -0.1) is 0 Å². The topological polar surface area (TPSA) is 64.3 Å². The molecule has 1 N–H and O–H groups in total. The largest absolute Gasteiger partial charge is 0.467 e. The number of aryl methyl sites for hydroxylation is 1. The van der Waals surface area contributed by atoms with Crippen molar-refractivity contribution in [2.24, 2.45) is 0 Å². The van der Waals surface area contributed by atoms with Crippen molar-refractivity contribution < 1.29 is 14.6 Å². The molecule has 0 aliphatic carbocycles. The molecule has 0 fully saturated rings. The highest BCUT2D eigenvalue weighted by atomic mass is 35.5. The van der Waals surface area contributed by atoms with Gasteiger partial charge in [0.1, 0.15) is 0 Å². The number of aliphatic hydroxyl groups is 1. The van der Waals surface area contributed by atoms with Crippen molar-refractivity contribution in [3.05, 3.63) is 16.4 Å². The van der Waals surface area contributed by atoms with Crippen LogP contribution in [0, 0.1) is 13.8 Å². The second-order valence-corrected chi connectivity index (χ2v) is 4.29. The van der Waals surface area contributed by atoms with Gasteiger partial charge in [-0.25, -0.2) is 4.79 Å². The summed E-state index contributed by atoms with van der Waals surface area (Å²) in [4.78, 5) is 11.3. The van der Waals surface area contributed by atoms with E-state index in [1.54, 1.807) is 13.8 Å². The monoisotopic (exact) mass is 246 g/mol. The van der Waals surface area contributed by atoms with E-state index >= 15 is 0 Å². The van der Waals surface area contributed by atoms with Crippen molar-refractivity contribution in [3.8, 4) is 0 Å². The third-order valence-electron chi connectivity index (χ3n) is 2.38. The van der Waals surface area contributed by atoms with Gasteiger partial charge in [0.2, 0.25) is 0 Å². The molecule has 1 atom stereocenters. The molecule has 1 heterocycles. The summed E-state index contributed by atoms with van der Waals surface area (Å²) in [5.41, 5.74) is -0.232. The van der Waals surface area contributed by atoms with Crippen molar-refractivity contribution in [1.29, 1.82) is 0 Å². The molecule has 0 aliphatic heterocycles. The van der Waals surface area contributed by atoms with Gasteiger partial charge in [-0.3, -0.25) is 4.68 Å². The van der Waals surface area contributed by atoms with Crippen LogP contribution in [0.5, 0.6) is 0 Å². The second-order valence-electron chi connectivity index (χ2n) is 3.91. The number of carbonyl (C=O) groups excluding carboxylic acids is 1. The van der Waals surface area contributed by atoms with Crippen molar-refractivity contribution in [1.82, 2.24) is 9.78 Å². The molecule has 6 heteroatoms. The molecule has 0 aromatic carbocycles. The fraction of sp³-hybridized carbons (Fsp3) is 0.600. The summed E-state index contributed by atoms with van der Waals surface area (Å²) in [5, 5.41) is 14.6. The predicted molar refractivity (Wildman–Crippen MR) is 59.4 cm³/mol.